The van der Waals surface area contributed by atoms with Gasteiger partial charge in [0, 0.05) is 13.0 Å². The van der Waals surface area contributed by atoms with Gasteiger partial charge < -0.3 is 4.90 Å². The average molecular weight is 301 g/mol. The Morgan fingerprint density at radius 1 is 1.44 bits per heavy atom. The highest BCUT2D eigenvalue weighted by atomic mass is 35.5. The number of hydrogen-bond donors (Lipinski definition) is 1. The van der Waals surface area contributed by atoms with Crippen molar-refractivity contribution in [1.29, 1.82) is 5.26 Å². The van der Waals surface area contributed by atoms with Crippen LogP contribution in [-0.4, -0.2) is 18.2 Å². The molecule has 0 radical (unpaired) electrons. The smallest absolute Gasteiger partial charge is 0.227 e. The van der Waals surface area contributed by atoms with Gasteiger partial charge >= 0.3 is 0 Å². The van der Waals surface area contributed by atoms with Crippen LogP contribution in [0.5, 0.6) is 0 Å². The molecule has 1 aromatic carbocycles. The standard InChI is InChI=1S/C12H10Cl2N2OS/c13-9-1-7(4-15)2-10(14)12(9)16-5-8(6-18)3-11(16)17/h1-2,8,18H,3,5-6H2. The summed E-state index contributed by atoms with van der Waals surface area (Å²) in [6.45, 7) is 0.563. The van der Waals surface area contributed by atoms with Gasteiger partial charge in [-0.15, -0.1) is 0 Å². The number of hydrogen-bond acceptors (Lipinski definition) is 3. The first-order valence-electron chi connectivity index (χ1n) is 5.37. The van der Waals surface area contributed by atoms with Gasteiger partial charge in [-0.1, -0.05) is 23.2 Å². The molecule has 0 saturated carbocycles. The number of thiol groups is 1. The molecular formula is C12H10Cl2N2OS. The quantitative estimate of drug-likeness (QED) is 0.853. The first-order chi connectivity index (χ1) is 8.56. The average Bonchev–Trinajstić information content (AvgIpc) is 2.70. The number of nitrogens with zero attached hydrogens (tertiary/aromatic N) is 2. The number of nitriles is 1. The minimum absolute atomic E-state index is 0.0115. The normalized spacial score (nSPS) is 19.1. The molecule has 94 valence electrons. The minimum atomic E-state index is -0.0115. The molecule has 1 atom stereocenters. The first-order valence-corrected chi connectivity index (χ1v) is 6.76. The molecule has 0 spiro atoms. The lowest BCUT2D eigenvalue weighted by Crippen LogP contribution is -2.25. The van der Waals surface area contributed by atoms with Gasteiger partial charge in [-0.05, 0) is 23.8 Å². The molecule has 6 heteroatoms. The zero-order valence-electron chi connectivity index (χ0n) is 9.36. The van der Waals surface area contributed by atoms with Crippen molar-refractivity contribution < 1.29 is 4.79 Å². The summed E-state index contributed by atoms with van der Waals surface area (Å²) in [4.78, 5) is 13.5. The molecule has 2 rings (SSSR count). The van der Waals surface area contributed by atoms with E-state index < -0.39 is 0 Å². The first kappa shape index (κ1) is 13.5. The van der Waals surface area contributed by atoms with Gasteiger partial charge in [-0.2, -0.15) is 17.9 Å². The van der Waals surface area contributed by atoms with Crippen molar-refractivity contribution in [3.05, 3.63) is 27.7 Å². The lowest BCUT2D eigenvalue weighted by atomic mass is 10.1. The lowest BCUT2D eigenvalue weighted by molar-refractivity contribution is -0.117. The highest BCUT2D eigenvalue weighted by molar-refractivity contribution is 7.80. The molecule has 1 fully saturated rings. The Kier molecular flexibility index (Phi) is 4.06. The topological polar surface area (TPSA) is 44.1 Å². The Balaban J connectivity index is 2.41. The molecule has 1 heterocycles. The van der Waals surface area contributed by atoms with Crippen LogP contribution in [0.4, 0.5) is 5.69 Å². The van der Waals surface area contributed by atoms with E-state index in [9.17, 15) is 4.79 Å². The van der Waals surface area contributed by atoms with Crippen LogP contribution in [0, 0.1) is 17.2 Å². The van der Waals surface area contributed by atoms with Gasteiger partial charge in [0.2, 0.25) is 5.91 Å². The van der Waals surface area contributed by atoms with Crippen LogP contribution in [0.3, 0.4) is 0 Å². The molecule has 1 aromatic rings. The summed E-state index contributed by atoms with van der Waals surface area (Å²) >= 11 is 16.4. The van der Waals surface area contributed by atoms with E-state index in [2.05, 4.69) is 12.6 Å². The highest BCUT2D eigenvalue weighted by Crippen LogP contribution is 2.38. The summed E-state index contributed by atoms with van der Waals surface area (Å²) in [5.41, 5.74) is 0.873. The van der Waals surface area contributed by atoms with E-state index in [1.807, 2.05) is 6.07 Å². The van der Waals surface area contributed by atoms with Gasteiger partial charge in [0.25, 0.3) is 0 Å². The SMILES string of the molecule is N#Cc1cc(Cl)c(N2CC(CS)CC2=O)c(Cl)c1. The summed E-state index contributed by atoms with van der Waals surface area (Å²) < 4.78 is 0. The lowest BCUT2D eigenvalue weighted by Gasteiger charge is -2.19. The Morgan fingerprint density at radius 2 is 2.06 bits per heavy atom. The maximum Gasteiger partial charge on any atom is 0.227 e. The van der Waals surface area contributed by atoms with E-state index in [1.165, 1.54) is 12.1 Å². The number of carbonyl (C=O) groups is 1. The summed E-state index contributed by atoms with van der Waals surface area (Å²) in [6.07, 6.45) is 0.455. The van der Waals surface area contributed by atoms with Gasteiger partial charge in [0.1, 0.15) is 0 Å². The van der Waals surface area contributed by atoms with E-state index in [1.54, 1.807) is 4.90 Å². The molecule has 1 aliphatic heterocycles. The van der Waals surface area contributed by atoms with Crippen molar-refractivity contribution in [1.82, 2.24) is 0 Å². The molecular weight excluding hydrogens is 291 g/mol. The third kappa shape index (κ3) is 2.44. The molecule has 3 nitrogen and oxygen atoms in total. The zero-order chi connectivity index (χ0) is 13.3. The van der Waals surface area contributed by atoms with E-state index >= 15 is 0 Å². The maximum absolute atomic E-state index is 11.9. The summed E-state index contributed by atoms with van der Waals surface area (Å²) in [5, 5.41) is 9.47. The summed E-state index contributed by atoms with van der Waals surface area (Å²) in [5.74, 6) is 0.847. The molecule has 0 aromatic heterocycles. The van der Waals surface area contributed by atoms with Crippen molar-refractivity contribution >= 4 is 47.4 Å². The number of carbonyl (C=O) groups excluding carboxylic acids is 1. The Bertz CT molecular complexity index is 518. The zero-order valence-corrected chi connectivity index (χ0v) is 11.8. The predicted molar refractivity (Wildman–Crippen MR) is 75.5 cm³/mol. The summed E-state index contributed by atoms with van der Waals surface area (Å²) in [7, 11) is 0. The van der Waals surface area contributed by atoms with Gasteiger partial charge in [-0.25, -0.2) is 0 Å². The molecule has 0 bridgehead atoms. The largest absolute Gasteiger partial charge is 0.309 e. The highest BCUT2D eigenvalue weighted by Gasteiger charge is 2.32. The molecule has 1 amide bonds. The Morgan fingerprint density at radius 3 is 2.50 bits per heavy atom. The van der Waals surface area contributed by atoms with Crippen molar-refractivity contribution in [2.45, 2.75) is 6.42 Å². The van der Waals surface area contributed by atoms with E-state index in [0.717, 1.165) is 0 Å². The van der Waals surface area contributed by atoms with Crippen LogP contribution in [0.2, 0.25) is 10.0 Å². The molecule has 1 aliphatic rings. The van der Waals surface area contributed by atoms with Gasteiger partial charge in [0.15, 0.2) is 0 Å². The van der Waals surface area contributed by atoms with Crippen molar-refractivity contribution in [3.8, 4) is 6.07 Å². The fourth-order valence-corrected chi connectivity index (χ4v) is 2.94. The molecule has 1 saturated heterocycles. The predicted octanol–water partition coefficient (Wildman–Crippen LogP) is 3.15. The second kappa shape index (κ2) is 5.40. The number of amides is 1. The third-order valence-corrected chi connectivity index (χ3v) is 3.97. The second-order valence-corrected chi connectivity index (χ2v) is 5.34. The third-order valence-electron chi connectivity index (χ3n) is 2.88. The number of halogens is 2. The second-order valence-electron chi connectivity index (χ2n) is 4.16. The monoisotopic (exact) mass is 300 g/mol. The molecule has 0 N–H and O–H groups in total. The Labute approximate surface area is 121 Å². The molecule has 18 heavy (non-hydrogen) atoms. The molecule has 1 unspecified atom stereocenters. The fourth-order valence-electron chi connectivity index (χ4n) is 2.01. The number of anilines is 1. The van der Waals surface area contributed by atoms with Gasteiger partial charge in [-0.3, -0.25) is 4.79 Å². The van der Waals surface area contributed by atoms with Crippen LogP contribution in [0.25, 0.3) is 0 Å². The number of benzene rings is 1. The van der Waals surface area contributed by atoms with E-state index in [4.69, 9.17) is 28.5 Å². The van der Waals surface area contributed by atoms with Crippen molar-refractivity contribution in [2.24, 2.45) is 5.92 Å². The minimum Gasteiger partial charge on any atom is -0.309 e. The van der Waals surface area contributed by atoms with Crippen LogP contribution >= 0.6 is 35.8 Å². The van der Waals surface area contributed by atoms with Crippen LogP contribution in [0.1, 0.15) is 12.0 Å². The van der Waals surface area contributed by atoms with Crippen molar-refractivity contribution in [2.75, 3.05) is 17.2 Å². The van der Waals surface area contributed by atoms with Crippen LogP contribution in [0.15, 0.2) is 12.1 Å². The Hall–Kier alpha value is -0.890. The maximum atomic E-state index is 11.9. The van der Waals surface area contributed by atoms with Crippen LogP contribution < -0.4 is 4.90 Å². The number of rotatable bonds is 2. The van der Waals surface area contributed by atoms with Crippen molar-refractivity contribution in [3.63, 3.8) is 0 Å². The van der Waals surface area contributed by atoms with E-state index in [0.29, 0.717) is 40.0 Å². The summed E-state index contributed by atoms with van der Waals surface area (Å²) in [6, 6.07) is 5.01. The van der Waals surface area contributed by atoms with E-state index in [-0.39, 0.29) is 11.8 Å². The molecule has 0 aliphatic carbocycles. The van der Waals surface area contributed by atoms with Gasteiger partial charge in [0.05, 0.1) is 27.4 Å². The fraction of sp³-hybridized carbons (Fsp3) is 0.333. The van der Waals surface area contributed by atoms with Crippen LogP contribution in [-0.2, 0) is 4.79 Å².